The molecular formula is C15H9BrClFO2. The number of alkyl halides is 1. The molecule has 0 spiro atoms. The van der Waals surface area contributed by atoms with E-state index in [1.165, 1.54) is 12.1 Å². The average Bonchev–Trinajstić information content (AvgIpc) is 2.38. The van der Waals surface area contributed by atoms with Crippen LogP contribution in [-0.4, -0.2) is 5.78 Å². The number of fused-ring (bicyclic) bond motifs is 1. The summed E-state index contributed by atoms with van der Waals surface area (Å²) in [4.78, 5) is 12.2. The van der Waals surface area contributed by atoms with Crippen LogP contribution in [-0.2, 0) is 4.51 Å². The summed E-state index contributed by atoms with van der Waals surface area (Å²) in [6.07, 6.45) is 0.0164. The molecule has 5 heteroatoms. The smallest absolute Gasteiger partial charge is 0.198 e. The van der Waals surface area contributed by atoms with E-state index in [4.69, 9.17) is 16.3 Å². The van der Waals surface area contributed by atoms with Gasteiger partial charge in [0.05, 0.1) is 12.0 Å². The minimum atomic E-state index is -1.20. The fraction of sp³-hybridized carbons (Fsp3) is 0.133. The highest BCUT2D eigenvalue weighted by molar-refractivity contribution is 9.09. The molecule has 0 fully saturated rings. The minimum absolute atomic E-state index is 0.0164. The van der Waals surface area contributed by atoms with Crippen LogP contribution >= 0.6 is 27.5 Å². The van der Waals surface area contributed by atoms with Crippen LogP contribution in [0.5, 0.6) is 5.75 Å². The minimum Gasteiger partial charge on any atom is -0.470 e. The van der Waals surface area contributed by atoms with Crippen molar-refractivity contribution in [2.24, 2.45) is 0 Å². The third kappa shape index (κ3) is 2.23. The topological polar surface area (TPSA) is 26.3 Å². The Labute approximate surface area is 128 Å². The van der Waals surface area contributed by atoms with Gasteiger partial charge in [-0.1, -0.05) is 23.7 Å². The van der Waals surface area contributed by atoms with E-state index in [-0.39, 0.29) is 17.8 Å². The molecule has 2 nitrogen and oxygen atoms in total. The molecule has 0 aliphatic carbocycles. The number of halogens is 3. The van der Waals surface area contributed by atoms with E-state index in [0.717, 1.165) is 0 Å². The molecule has 0 amide bonds. The number of rotatable bonds is 1. The van der Waals surface area contributed by atoms with Crippen LogP contribution in [0.1, 0.15) is 22.3 Å². The predicted octanol–water partition coefficient (Wildman–Crippen LogP) is 4.69. The standard InChI is InChI=1S/C15H9BrClFO2/c16-15(11-6-5-9(17)7-12(11)18)8-13(19)10-3-1-2-4-14(10)20-15/h1-7H,8H2. The van der Waals surface area contributed by atoms with Gasteiger partial charge in [-0.05, 0) is 46.3 Å². The molecule has 1 atom stereocenters. The number of hydrogen-bond acceptors (Lipinski definition) is 2. The van der Waals surface area contributed by atoms with Crippen molar-refractivity contribution in [3.63, 3.8) is 0 Å². The van der Waals surface area contributed by atoms with E-state index in [9.17, 15) is 9.18 Å². The Balaban J connectivity index is 2.08. The second-order valence-corrected chi connectivity index (χ2v) is 6.27. The zero-order valence-electron chi connectivity index (χ0n) is 10.2. The molecule has 1 heterocycles. The highest BCUT2D eigenvalue weighted by Crippen LogP contribution is 2.44. The largest absolute Gasteiger partial charge is 0.470 e. The van der Waals surface area contributed by atoms with Gasteiger partial charge in [0.15, 0.2) is 10.3 Å². The third-order valence-corrected chi connectivity index (χ3v) is 4.28. The van der Waals surface area contributed by atoms with Crippen molar-refractivity contribution in [1.29, 1.82) is 0 Å². The number of ketones is 1. The van der Waals surface area contributed by atoms with Crippen LogP contribution < -0.4 is 4.74 Å². The SMILES string of the molecule is O=C1CC(Br)(c2ccc(Cl)cc2F)Oc2ccccc21. The van der Waals surface area contributed by atoms with E-state index in [1.807, 2.05) is 0 Å². The number of carbonyl (C=O) groups is 1. The van der Waals surface area contributed by atoms with Gasteiger partial charge in [-0.2, -0.15) is 0 Å². The van der Waals surface area contributed by atoms with Crippen LogP contribution in [0.25, 0.3) is 0 Å². The van der Waals surface area contributed by atoms with E-state index >= 15 is 0 Å². The molecule has 2 aromatic carbocycles. The summed E-state index contributed by atoms with van der Waals surface area (Å²) in [5, 5.41) is 0.296. The molecule has 0 saturated carbocycles. The number of hydrogen-bond donors (Lipinski definition) is 0. The highest BCUT2D eigenvalue weighted by Gasteiger charge is 2.41. The van der Waals surface area contributed by atoms with Crippen molar-refractivity contribution in [2.75, 3.05) is 0 Å². The van der Waals surface area contributed by atoms with E-state index in [1.54, 1.807) is 30.3 Å². The van der Waals surface area contributed by atoms with Gasteiger partial charge in [0.2, 0.25) is 0 Å². The first-order valence-corrected chi connectivity index (χ1v) is 7.12. The highest BCUT2D eigenvalue weighted by atomic mass is 79.9. The Morgan fingerprint density at radius 3 is 2.75 bits per heavy atom. The van der Waals surface area contributed by atoms with Crippen molar-refractivity contribution in [3.8, 4) is 5.75 Å². The zero-order valence-corrected chi connectivity index (χ0v) is 12.5. The van der Waals surface area contributed by atoms with Crippen LogP contribution in [0.15, 0.2) is 42.5 Å². The van der Waals surface area contributed by atoms with Crippen LogP contribution in [0.2, 0.25) is 5.02 Å². The fourth-order valence-electron chi connectivity index (χ4n) is 2.24. The summed E-state index contributed by atoms with van der Waals surface area (Å²) in [6, 6.07) is 11.2. The summed E-state index contributed by atoms with van der Waals surface area (Å²) in [5.74, 6) is -0.172. The van der Waals surface area contributed by atoms with Gasteiger partial charge in [0, 0.05) is 10.6 Å². The molecule has 102 valence electrons. The second-order valence-electron chi connectivity index (χ2n) is 4.55. The third-order valence-electron chi connectivity index (χ3n) is 3.18. The van der Waals surface area contributed by atoms with Gasteiger partial charge in [0.1, 0.15) is 11.6 Å². The molecule has 1 aliphatic rings. The molecule has 2 aromatic rings. The fourth-order valence-corrected chi connectivity index (χ4v) is 3.15. The van der Waals surface area contributed by atoms with Gasteiger partial charge in [-0.15, -0.1) is 0 Å². The van der Waals surface area contributed by atoms with Crippen molar-refractivity contribution in [1.82, 2.24) is 0 Å². The number of carbonyl (C=O) groups excluding carboxylic acids is 1. The van der Waals surface area contributed by atoms with Crippen molar-refractivity contribution >= 4 is 33.3 Å². The maximum Gasteiger partial charge on any atom is 0.198 e. The second kappa shape index (κ2) is 4.86. The lowest BCUT2D eigenvalue weighted by molar-refractivity contribution is 0.0795. The maximum absolute atomic E-state index is 14.1. The molecular weight excluding hydrogens is 347 g/mol. The first-order valence-electron chi connectivity index (χ1n) is 5.95. The predicted molar refractivity (Wildman–Crippen MR) is 78.0 cm³/mol. The van der Waals surface area contributed by atoms with Gasteiger partial charge < -0.3 is 4.74 Å². The van der Waals surface area contributed by atoms with E-state index in [2.05, 4.69) is 15.9 Å². The Morgan fingerprint density at radius 2 is 2.00 bits per heavy atom. The number of ether oxygens (including phenoxy) is 1. The Hall–Kier alpha value is -1.39. The normalized spacial score (nSPS) is 21.2. The van der Waals surface area contributed by atoms with E-state index in [0.29, 0.717) is 16.3 Å². The molecule has 0 aromatic heterocycles. The lowest BCUT2D eigenvalue weighted by Gasteiger charge is -2.33. The quantitative estimate of drug-likeness (QED) is 0.694. The maximum atomic E-state index is 14.1. The summed E-state index contributed by atoms with van der Waals surface area (Å²) >= 11 is 9.11. The Kier molecular flexibility index (Phi) is 3.30. The first kappa shape index (κ1) is 13.6. The molecule has 1 aliphatic heterocycles. The molecule has 0 bridgehead atoms. The first-order chi connectivity index (χ1) is 9.49. The summed E-state index contributed by atoms with van der Waals surface area (Å²) < 4.78 is 18.7. The number of Topliss-reactive ketones (excluding diaryl/α,β-unsaturated/α-hetero) is 1. The van der Waals surface area contributed by atoms with Gasteiger partial charge in [0.25, 0.3) is 0 Å². The number of benzene rings is 2. The molecule has 0 N–H and O–H groups in total. The Morgan fingerprint density at radius 1 is 1.25 bits per heavy atom. The lowest BCUT2D eigenvalue weighted by Crippen LogP contribution is -2.34. The summed E-state index contributed by atoms with van der Waals surface area (Å²) in [6.45, 7) is 0. The molecule has 0 radical (unpaired) electrons. The zero-order chi connectivity index (χ0) is 14.3. The monoisotopic (exact) mass is 354 g/mol. The Bertz CT molecular complexity index is 704. The van der Waals surface area contributed by atoms with Gasteiger partial charge in [-0.25, -0.2) is 4.39 Å². The molecule has 20 heavy (non-hydrogen) atoms. The van der Waals surface area contributed by atoms with Gasteiger partial charge >= 0.3 is 0 Å². The molecule has 3 rings (SSSR count). The van der Waals surface area contributed by atoms with Crippen molar-refractivity contribution in [3.05, 3.63) is 64.4 Å². The van der Waals surface area contributed by atoms with Crippen LogP contribution in [0.3, 0.4) is 0 Å². The average molecular weight is 356 g/mol. The summed E-state index contributed by atoms with van der Waals surface area (Å²) in [5.41, 5.74) is 0.765. The van der Waals surface area contributed by atoms with Crippen LogP contribution in [0.4, 0.5) is 4.39 Å². The van der Waals surface area contributed by atoms with Crippen molar-refractivity contribution < 1.29 is 13.9 Å². The number of para-hydroxylation sites is 1. The molecule has 0 saturated heterocycles. The molecule has 1 unspecified atom stereocenters. The van der Waals surface area contributed by atoms with Crippen molar-refractivity contribution in [2.45, 2.75) is 10.9 Å². The van der Waals surface area contributed by atoms with Gasteiger partial charge in [-0.3, -0.25) is 4.79 Å². The van der Waals surface area contributed by atoms with Crippen LogP contribution in [0, 0.1) is 5.82 Å². The van der Waals surface area contributed by atoms with E-state index < -0.39 is 10.3 Å². The summed E-state index contributed by atoms with van der Waals surface area (Å²) in [7, 11) is 0. The lowest BCUT2D eigenvalue weighted by atomic mass is 9.96.